The van der Waals surface area contributed by atoms with E-state index in [1.165, 1.54) is 6.92 Å². The van der Waals surface area contributed by atoms with Gasteiger partial charge in [-0.05, 0) is 20.8 Å². The summed E-state index contributed by atoms with van der Waals surface area (Å²) in [4.78, 5) is 11.5. The van der Waals surface area contributed by atoms with Crippen molar-refractivity contribution in [3.05, 3.63) is 0 Å². The Bertz CT molecular complexity index is 259. The molecule has 0 aromatic heterocycles. The van der Waals surface area contributed by atoms with Crippen LogP contribution in [0.1, 0.15) is 27.2 Å². The van der Waals surface area contributed by atoms with Crippen LogP contribution in [0.3, 0.4) is 0 Å². The van der Waals surface area contributed by atoms with E-state index in [0.29, 0.717) is 0 Å². The molecule has 1 N–H and O–H groups in total. The summed E-state index contributed by atoms with van der Waals surface area (Å²) in [5.41, 5.74) is 0. The van der Waals surface area contributed by atoms with E-state index >= 15 is 0 Å². The molecule has 0 amide bonds. The summed E-state index contributed by atoms with van der Waals surface area (Å²) in [6.07, 6.45) is -0.997. The van der Waals surface area contributed by atoms with Crippen LogP contribution in [0.4, 0.5) is 0 Å². The van der Waals surface area contributed by atoms with Gasteiger partial charge in [0.25, 0.3) is 0 Å². The van der Waals surface area contributed by atoms with Gasteiger partial charge in [-0.25, -0.2) is 0 Å². The topological polar surface area (TPSA) is 72.8 Å². The molecule has 0 radical (unpaired) electrons. The summed E-state index contributed by atoms with van der Waals surface area (Å²) in [5.74, 6) is -0.540. The molecule has 0 aromatic carbocycles. The number of halogens is 1. The zero-order valence-electron chi connectivity index (χ0n) is 9.68. The molecule has 16 heavy (non-hydrogen) atoms. The van der Waals surface area contributed by atoms with Gasteiger partial charge in [-0.1, -0.05) is 0 Å². The second-order valence-corrected chi connectivity index (χ2v) is 6.08. The van der Waals surface area contributed by atoms with Crippen LogP contribution in [0.2, 0.25) is 0 Å². The number of aliphatic hydroxyl groups is 1. The fraction of sp³-hybridized carbons (Fsp3) is 0.889. The van der Waals surface area contributed by atoms with Crippen LogP contribution >= 0.6 is 19.2 Å². The minimum absolute atomic E-state index is 0.141. The summed E-state index contributed by atoms with van der Waals surface area (Å²) in [6, 6.07) is 0. The maximum Gasteiger partial charge on any atom is 0.355 e. The fourth-order valence-electron chi connectivity index (χ4n) is 1.09. The van der Waals surface area contributed by atoms with Crippen molar-refractivity contribution < 1.29 is 23.5 Å². The zero-order valence-corrected chi connectivity index (χ0v) is 11.3. The number of alkyl halides is 1. The van der Waals surface area contributed by atoms with Crippen LogP contribution in [0.15, 0.2) is 0 Å². The van der Waals surface area contributed by atoms with E-state index in [1.54, 1.807) is 13.8 Å². The van der Waals surface area contributed by atoms with Crippen molar-refractivity contribution in [2.45, 2.75) is 38.4 Å². The molecule has 0 aliphatic rings. The van der Waals surface area contributed by atoms with Gasteiger partial charge in [-0.2, -0.15) is 0 Å². The summed E-state index contributed by atoms with van der Waals surface area (Å²) in [5, 5.41) is 7.69. The number of carbonyl (C=O) groups is 1. The highest BCUT2D eigenvalue weighted by molar-refractivity contribution is 7.57. The van der Waals surface area contributed by atoms with Crippen molar-refractivity contribution in [2.24, 2.45) is 0 Å². The Hall–Kier alpha value is 0.0700. The number of aliphatic hydroxyl groups excluding tert-OH is 1. The summed E-state index contributed by atoms with van der Waals surface area (Å²) >= 11 is 5.77. The highest BCUT2D eigenvalue weighted by Gasteiger charge is 2.39. The minimum Gasteiger partial charge on any atom is -0.393 e. The third kappa shape index (κ3) is 4.93. The summed E-state index contributed by atoms with van der Waals surface area (Å²) in [7, 11) is -3.62. The lowest BCUT2D eigenvalue weighted by Gasteiger charge is -2.21. The van der Waals surface area contributed by atoms with Gasteiger partial charge in [0.2, 0.25) is 0 Å². The molecule has 0 fully saturated rings. The molecule has 0 spiro atoms. The van der Waals surface area contributed by atoms with Gasteiger partial charge in [-0.3, -0.25) is 9.36 Å². The zero-order chi connectivity index (χ0) is 12.8. The first kappa shape index (κ1) is 16.1. The Morgan fingerprint density at radius 2 is 1.81 bits per heavy atom. The first-order valence-electron chi connectivity index (χ1n) is 5.11. The normalized spacial score (nSPS) is 15.8. The standard InChI is InChI=1S/C9H18ClO5P/c1-4-14-16(13,15-5-2)9(10)8(12)6-7(3)11/h7,9,11H,4-6H2,1-3H3/t7-,9?/m1/s1. The quantitative estimate of drug-likeness (QED) is 0.541. The molecule has 0 rings (SSSR count). The second kappa shape index (κ2) is 7.41. The smallest absolute Gasteiger partial charge is 0.355 e. The average Bonchev–Trinajstić information content (AvgIpc) is 2.16. The van der Waals surface area contributed by atoms with Crippen molar-refractivity contribution >= 4 is 25.0 Å². The first-order valence-corrected chi connectivity index (χ1v) is 7.15. The maximum atomic E-state index is 12.1. The molecular weight excluding hydrogens is 255 g/mol. The van der Waals surface area contributed by atoms with E-state index in [0.717, 1.165) is 0 Å². The SMILES string of the molecule is CCOP(=O)(OCC)C(Cl)C(=O)C[C@@H](C)O. The molecule has 0 bridgehead atoms. The van der Waals surface area contributed by atoms with Gasteiger partial charge in [0.1, 0.15) is 0 Å². The molecule has 7 heteroatoms. The Kier molecular flexibility index (Phi) is 7.44. The number of ketones is 1. The van der Waals surface area contributed by atoms with Crippen molar-refractivity contribution in [1.82, 2.24) is 0 Å². The van der Waals surface area contributed by atoms with Crippen LogP contribution in [-0.2, 0) is 18.4 Å². The molecule has 5 nitrogen and oxygen atoms in total. The van der Waals surface area contributed by atoms with Crippen molar-refractivity contribution in [1.29, 1.82) is 0 Å². The molecule has 0 aliphatic heterocycles. The van der Waals surface area contributed by atoms with Gasteiger partial charge in [0.05, 0.1) is 19.3 Å². The predicted molar refractivity (Wildman–Crippen MR) is 61.8 cm³/mol. The molecule has 0 aromatic rings. The third-order valence-corrected chi connectivity index (χ3v) is 4.70. The van der Waals surface area contributed by atoms with Crippen molar-refractivity contribution in [2.75, 3.05) is 13.2 Å². The predicted octanol–water partition coefficient (Wildman–Crippen LogP) is 2.16. The third-order valence-electron chi connectivity index (χ3n) is 1.66. The molecule has 0 saturated heterocycles. The van der Waals surface area contributed by atoms with E-state index in [9.17, 15) is 9.36 Å². The highest BCUT2D eigenvalue weighted by Crippen LogP contribution is 2.55. The van der Waals surface area contributed by atoms with E-state index in [-0.39, 0.29) is 19.6 Å². The van der Waals surface area contributed by atoms with Gasteiger partial charge in [-0.15, -0.1) is 11.6 Å². The van der Waals surface area contributed by atoms with Gasteiger partial charge >= 0.3 is 7.60 Å². The Morgan fingerprint density at radius 3 is 2.12 bits per heavy atom. The lowest BCUT2D eigenvalue weighted by molar-refractivity contribution is -0.119. The molecule has 0 aliphatic carbocycles. The van der Waals surface area contributed by atoms with Crippen LogP contribution in [0.5, 0.6) is 0 Å². The molecule has 0 heterocycles. The lowest BCUT2D eigenvalue weighted by atomic mass is 10.2. The first-order chi connectivity index (χ1) is 7.37. The average molecular weight is 273 g/mol. The Morgan fingerprint density at radius 1 is 1.38 bits per heavy atom. The van der Waals surface area contributed by atoms with Gasteiger partial charge < -0.3 is 14.2 Å². The number of Topliss-reactive ketones (excluding diaryl/α,β-unsaturated/α-hetero) is 1. The minimum atomic E-state index is -3.62. The number of rotatable bonds is 8. The van der Waals surface area contributed by atoms with Crippen LogP contribution in [-0.4, -0.2) is 35.3 Å². The molecular formula is C9H18ClO5P. The van der Waals surface area contributed by atoms with Crippen LogP contribution in [0, 0.1) is 0 Å². The second-order valence-electron chi connectivity index (χ2n) is 3.23. The monoisotopic (exact) mass is 272 g/mol. The maximum absolute atomic E-state index is 12.1. The van der Waals surface area contributed by atoms with Crippen molar-refractivity contribution in [3.8, 4) is 0 Å². The number of hydrogen-bond acceptors (Lipinski definition) is 5. The Balaban J connectivity index is 4.66. The van der Waals surface area contributed by atoms with Gasteiger partial charge in [0, 0.05) is 6.42 Å². The molecule has 0 saturated carbocycles. The van der Waals surface area contributed by atoms with E-state index in [1.807, 2.05) is 0 Å². The van der Waals surface area contributed by atoms with E-state index in [2.05, 4.69) is 0 Å². The van der Waals surface area contributed by atoms with E-state index in [4.69, 9.17) is 25.8 Å². The molecule has 2 atom stereocenters. The van der Waals surface area contributed by atoms with E-state index < -0.39 is 24.6 Å². The molecule has 1 unspecified atom stereocenters. The number of carbonyl (C=O) groups excluding carboxylic acids is 1. The summed E-state index contributed by atoms with van der Waals surface area (Å²) < 4.78 is 21.9. The summed E-state index contributed by atoms with van der Waals surface area (Å²) in [6.45, 7) is 5.00. The van der Waals surface area contributed by atoms with Gasteiger partial charge in [0.15, 0.2) is 10.9 Å². The fourth-order valence-corrected chi connectivity index (χ4v) is 3.03. The van der Waals surface area contributed by atoms with Crippen LogP contribution in [0.25, 0.3) is 0 Å². The Labute approximate surface area is 101 Å². The van der Waals surface area contributed by atoms with Crippen molar-refractivity contribution in [3.63, 3.8) is 0 Å². The number of hydrogen-bond donors (Lipinski definition) is 1. The molecule has 96 valence electrons. The highest BCUT2D eigenvalue weighted by atomic mass is 35.5. The largest absolute Gasteiger partial charge is 0.393 e. The van der Waals surface area contributed by atoms with Crippen LogP contribution < -0.4 is 0 Å². The lowest BCUT2D eigenvalue weighted by Crippen LogP contribution is -2.21.